The molecule has 3 heterocycles. The molecule has 6 heteroatoms. The van der Waals surface area contributed by atoms with E-state index < -0.39 is 0 Å². The van der Waals surface area contributed by atoms with Crippen LogP contribution in [0.2, 0.25) is 0 Å². The summed E-state index contributed by atoms with van der Waals surface area (Å²) in [5.41, 5.74) is 1.69. The van der Waals surface area contributed by atoms with Crippen LogP contribution in [0.3, 0.4) is 0 Å². The highest BCUT2D eigenvalue weighted by atomic mass is 16.3. The highest BCUT2D eigenvalue weighted by Gasteiger charge is 2.38. The maximum Gasteiger partial charge on any atom is 0.266 e. The fourth-order valence-corrected chi connectivity index (χ4v) is 3.84. The second-order valence-corrected chi connectivity index (χ2v) is 6.86. The summed E-state index contributed by atoms with van der Waals surface area (Å²) in [7, 11) is 0. The zero-order valence-corrected chi connectivity index (χ0v) is 13.6. The van der Waals surface area contributed by atoms with Gasteiger partial charge in [0.05, 0.1) is 18.3 Å². The van der Waals surface area contributed by atoms with Crippen molar-refractivity contribution in [2.45, 2.75) is 38.0 Å². The Kier molecular flexibility index (Phi) is 4.16. The van der Waals surface area contributed by atoms with Crippen LogP contribution < -0.4 is 5.56 Å². The quantitative estimate of drug-likeness (QED) is 0.913. The van der Waals surface area contributed by atoms with E-state index in [0.29, 0.717) is 18.5 Å². The third kappa shape index (κ3) is 2.99. The summed E-state index contributed by atoms with van der Waals surface area (Å²) >= 11 is 0. The van der Waals surface area contributed by atoms with Crippen LogP contribution in [0.15, 0.2) is 41.5 Å². The Morgan fingerprint density at radius 2 is 1.92 bits per heavy atom. The number of aliphatic hydroxyl groups is 1. The molecule has 1 aliphatic heterocycles. The molecule has 0 bridgehead atoms. The van der Waals surface area contributed by atoms with Gasteiger partial charge in [0.1, 0.15) is 0 Å². The molecule has 2 aromatic rings. The molecule has 4 rings (SSSR count). The van der Waals surface area contributed by atoms with Crippen LogP contribution in [0.4, 0.5) is 0 Å². The summed E-state index contributed by atoms with van der Waals surface area (Å²) in [5.74, 6) is 0.427. The average molecular weight is 326 g/mol. The lowest BCUT2D eigenvalue weighted by Crippen LogP contribution is -2.56. The number of likely N-dealkylation sites (tertiary alicyclic amines) is 1. The Morgan fingerprint density at radius 3 is 2.62 bits per heavy atom. The molecule has 2 fully saturated rings. The van der Waals surface area contributed by atoms with Crippen molar-refractivity contribution in [3.05, 3.63) is 47.0 Å². The Labute approximate surface area is 140 Å². The topological polar surface area (TPSA) is 71.2 Å². The number of aromatic nitrogens is 3. The second-order valence-electron chi connectivity index (χ2n) is 6.86. The maximum atomic E-state index is 12.1. The van der Waals surface area contributed by atoms with E-state index in [9.17, 15) is 9.90 Å². The second kappa shape index (κ2) is 6.45. The standard InChI is InChI=1S/C18H22N4O2/c23-17-3-1-2-16(17)21-10-13(11-21)12-22-18(24)5-4-15(20-22)14-6-8-19-9-7-14/h4-9,13,16-17,23H,1-3,10-12H2. The van der Waals surface area contributed by atoms with Crippen molar-refractivity contribution < 1.29 is 5.11 Å². The molecule has 0 spiro atoms. The minimum absolute atomic E-state index is 0.0628. The van der Waals surface area contributed by atoms with Crippen molar-refractivity contribution in [3.63, 3.8) is 0 Å². The molecule has 24 heavy (non-hydrogen) atoms. The van der Waals surface area contributed by atoms with Gasteiger partial charge < -0.3 is 5.11 Å². The van der Waals surface area contributed by atoms with E-state index >= 15 is 0 Å². The SMILES string of the molecule is O=c1ccc(-c2ccncc2)nn1CC1CN(C2CCCC2O)C1. The van der Waals surface area contributed by atoms with Gasteiger partial charge in [-0.2, -0.15) is 5.10 Å². The molecule has 6 nitrogen and oxygen atoms in total. The van der Waals surface area contributed by atoms with Crippen molar-refractivity contribution in [2.24, 2.45) is 5.92 Å². The van der Waals surface area contributed by atoms with Crippen LogP contribution in [-0.2, 0) is 6.54 Å². The third-order valence-electron chi connectivity index (χ3n) is 5.17. The zero-order chi connectivity index (χ0) is 16.5. The summed E-state index contributed by atoms with van der Waals surface area (Å²) in [6, 6.07) is 7.44. The Bertz CT molecular complexity index is 755. The van der Waals surface area contributed by atoms with E-state index in [1.807, 2.05) is 12.1 Å². The minimum atomic E-state index is -0.179. The molecule has 0 amide bonds. The summed E-state index contributed by atoms with van der Waals surface area (Å²) in [6.07, 6.45) is 6.39. The van der Waals surface area contributed by atoms with Gasteiger partial charge in [-0.1, -0.05) is 0 Å². The molecule has 126 valence electrons. The smallest absolute Gasteiger partial charge is 0.266 e. The predicted octanol–water partition coefficient (Wildman–Crippen LogP) is 1.15. The van der Waals surface area contributed by atoms with Gasteiger partial charge in [-0.05, 0) is 37.5 Å². The molecular formula is C18H22N4O2. The molecule has 1 N–H and O–H groups in total. The lowest BCUT2D eigenvalue weighted by molar-refractivity contribution is -0.00790. The van der Waals surface area contributed by atoms with E-state index in [1.54, 1.807) is 29.2 Å². The van der Waals surface area contributed by atoms with Crippen LogP contribution in [0, 0.1) is 5.92 Å². The molecule has 0 radical (unpaired) electrons. The first kappa shape index (κ1) is 15.5. The van der Waals surface area contributed by atoms with Gasteiger partial charge in [0.15, 0.2) is 0 Å². The number of rotatable bonds is 4. The Balaban J connectivity index is 1.43. The van der Waals surface area contributed by atoms with Gasteiger partial charge in [-0.25, -0.2) is 4.68 Å². The monoisotopic (exact) mass is 326 g/mol. The first-order chi connectivity index (χ1) is 11.7. The molecule has 2 aliphatic rings. The molecule has 1 aliphatic carbocycles. The van der Waals surface area contributed by atoms with E-state index in [4.69, 9.17) is 0 Å². The summed E-state index contributed by atoms with van der Waals surface area (Å²) in [5, 5.41) is 14.5. The summed E-state index contributed by atoms with van der Waals surface area (Å²) < 4.78 is 1.57. The number of aliphatic hydroxyl groups excluding tert-OH is 1. The van der Waals surface area contributed by atoms with Gasteiger partial charge in [0.25, 0.3) is 5.56 Å². The minimum Gasteiger partial charge on any atom is -0.391 e. The van der Waals surface area contributed by atoms with E-state index in [2.05, 4.69) is 15.0 Å². The highest BCUT2D eigenvalue weighted by Crippen LogP contribution is 2.30. The largest absolute Gasteiger partial charge is 0.391 e. The van der Waals surface area contributed by atoms with Crippen LogP contribution in [0.1, 0.15) is 19.3 Å². The Morgan fingerprint density at radius 1 is 1.12 bits per heavy atom. The van der Waals surface area contributed by atoms with Crippen molar-refractivity contribution in [1.29, 1.82) is 0 Å². The number of hydrogen-bond donors (Lipinski definition) is 1. The van der Waals surface area contributed by atoms with Crippen molar-refractivity contribution >= 4 is 0 Å². The van der Waals surface area contributed by atoms with Crippen LogP contribution in [0.5, 0.6) is 0 Å². The Hall–Kier alpha value is -2.05. The van der Waals surface area contributed by atoms with E-state index in [-0.39, 0.29) is 11.7 Å². The fourth-order valence-electron chi connectivity index (χ4n) is 3.84. The van der Waals surface area contributed by atoms with Gasteiger partial charge in [0, 0.05) is 49.1 Å². The lowest BCUT2D eigenvalue weighted by Gasteiger charge is -2.44. The number of pyridine rings is 1. The van der Waals surface area contributed by atoms with Crippen molar-refractivity contribution in [1.82, 2.24) is 19.7 Å². The highest BCUT2D eigenvalue weighted by molar-refractivity contribution is 5.56. The molecule has 1 saturated carbocycles. The van der Waals surface area contributed by atoms with Crippen LogP contribution in [0.25, 0.3) is 11.3 Å². The maximum absolute atomic E-state index is 12.1. The van der Waals surface area contributed by atoms with E-state index in [1.165, 1.54) is 0 Å². The van der Waals surface area contributed by atoms with Gasteiger partial charge in [-0.15, -0.1) is 0 Å². The lowest BCUT2D eigenvalue weighted by atomic mass is 9.96. The molecular weight excluding hydrogens is 304 g/mol. The van der Waals surface area contributed by atoms with Crippen LogP contribution in [-0.4, -0.2) is 50.0 Å². The van der Waals surface area contributed by atoms with Crippen molar-refractivity contribution in [3.8, 4) is 11.3 Å². The zero-order valence-electron chi connectivity index (χ0n) is 13.6. The number of nitrogens with zero attached hydrogens (tertiary/aromatic N) is 4. The normalized spacial score (nSPS) is 24.9. The molecule has 1 saturated heterocycles. The fraction of sp³-hybridized carbons (Fsp3) is 0.500. The van der Waals surface area contributed by atoms with Gasteiger partial charge in [-0.3, -0.25) is 14.7 Å². The first-order valence-electron chi connectivity index (χ1n) is 8.61. The molecule has 2 aromatic heterocycles. The van der Waals surface area contributed by atoms with Gasteiger partial charge >= 0.3 is 0 Å². The first-order valence-corrected chi connectivity index (χ1v) is 8.61. The predicted molar refractivity (Wildman–Crippen MR) is 90.4 cm³/mol. The van der Waals surface area contributed by atoms with Gasteiger partial charge in [0.2, 0.25) is 0 Å². The molecule has 2 atom stereocenters. The third-order valence-corrected chi connectivity index (χ3v) is 5.17. The average Bonchev–Trinajstić information content (AvgIpc) is 2.98. The number of hydrogen-bond acceptors (Lipinski definition) is 5. The molecule has 2 unspecified atom stereocenters. The van der Waals surface area contributed by atoms with E-state index in [0.717, 1.165) is 43.6 Å². The summed E-state index contributed by atoms with van der Waals surface area (Å²) in [6.45, 7) is 2.52. The molecule has 0 aromatic carbocycles. The van der Waals surface area contributed by atoms with Crippen molar-refractivity contribution in [2.75, 3.05) is 13.1 Å². The van der Waals surface area contributed by atoms with Crippen LogP contribution >= 0.6 is 0 Å². The summed E-state index contributed by atoms with van der Waals surface area (Å²) in [4.78, 5) is 18.5.